The van der Waals surface area contributed by atoms with Crippen molar-refractivity contribution in [3.8, 4) is 6.07 Å². The first-order chi connectivity index (χ1) is 9.72. The Balaban J connectivity index is 1.89. The van der Waals surface area contributed by atoms with Gasteiger partial charge in [-0.05, 0) is 36.5 Å². The summed E-state index contributed by atoms with van der Waals surface area (Å²) < 4.78 is 0. The summed E-state index contributed by atoms with van der Waals surface area (Å²) in [6.07, 6.45) is 2.47. The largest absolute Gasteiger partial charge is 0.352 e. The van der Waals surface area contributed by atoms with Crippen LogP contribution < -0.4 is 5.32 Å². The molecule has 1 fully saturated rings. The molecule has 4 nitrogen and oxygen atoms in total. The number of nitrogens with one attached hydrogen (secondary N) is 1. The first kappa shape index (κ1) is 14.4. The fraction of sp³-hybridized carbons (Fsp3) is 0.500. The van der Waals surface area contributed by atoms with Crippen molar-refractivity contribution in [2.45, 2.75) is 26.3 Å². The minimum Gasteiger partial charge on any atom is -0.352 e. The average molecular weight is 270 g/mol. The summed E-state index contributed by atoms with van der Waals surface area (Å²) in [5, 5.41) is 12.2. The number of guanidine groups is 1. The Morgan fingerprint density at radius 2 is 2.00 bits per heavy atom. The van der Waals surface area contributed by atoms with E-state index in [0.29, 0.717) is 5.56 Å². The molecule has 1 aromatic carbocycles. The van der Waals surface area contributed by atoms with Gasteiger partial charge in [0.25, 0.3) is 0 Å². The summed E-state index contributed by atoms with van der Waals surface area (Å²) in [5.41, 5.74) is 1.86. The lowest BCUT2D eigenvalue weighted by molar-refractivity contribution is 0.273. The van der Waals surface area contributed by atoms with Crippen molar-refractivity contribution in [3.63, 3.8) is 0 Å². The van der Waals surface area contributed by atoms with Crippen LogP contribution in [0.5, 0.6) is 0 Å². The van der Waals surface area contributed by atoms with Gasteiger partial charge >= 0.3 is 0 Å². The number of likely N-dealkylation sites (tertiary alicyclic amines) is 1. The lowest BCUT2D eigenvalue weighted by Crippen LogP contribution is -2.45. The van der Waals surface area contributed by atoms with Gasteiger partial charge in [0.1, 0.15) is 0 Å². The fourth-order valence-corrected chi connectivity index (χ4v) is 2.43. The van der Waals surface area contributed by atoms with Crippen LogP contribution in [0, 0.1) is 17.2 Å². The van der Waals surface area contributed by atoms with Gasteiger partial charge in [0.05, 0.1) is 11.6 Å². The molecular formula is C16H22N4. The van der Waals surface area contributed by atoms with Gasteiger partial charge in [0.2, 0.25) is 0 Å². The van der Waals surface area contributed by atoms with Crippen LogP contribution in [-0.4, -0.2) is 31.0 Å². The van der Waals surface area contributed by atoms with Gasteiger partial charge in [-0.25, -0.2) is 0 Å². The van der Waals surface area contributed by atoms with Crippen LogP contribution in [0.1, 0.15) is 30.9 Å². The zero-order valence-electron chi connectivity index (χ0n) is 12.3. The fourth-order valence-electron chi connectivity index (χ4n) is 2.43. The second-order valence-corrected chi connectivity index (χ2v) is 5.38. The zero-order valence-corrected chi connectivity index (χ0v) is 12.3. The molecular weight excluding hydrogens is 248 g/mol. The third-order valence-corrected chi connectivity index (χ3v) is 3.83. The Morgan fingerprint density at radius 3 is 2.55 bits per heavy atom. The number of nitrogens with zero attached hydrogens (tertiary/aromatic N) is 3. The number of piperidine rings is 1. The molecule has 0 aliphatic carbocycles. The molecule has 20 heavy (non-hydrogen) atoms. The molecule has 1 aliphatic rings. The molecule has 0 amide bonds. The standard InChI is InChI=1S/C16H22N4/c1-13-7-9-20(10-8-13)16(18-2)19-12-15-5-3-14(11-17)4-6-15/h3-6,13H,7-10,12H2,1-2H3,(H,18,19). The molecule has 0 atom stereocenters. The molecule has 2 rings (SSSR count). The number of nitriles is 1. The molecule has 1 N–H and O–H groups in total. The van der Waals surface area contributed by atoms with Crippen molar-refractivity contribution in [3.05, 3.63) is 35.4 Å². The average Bonchev–Trinajstić information content (AvgIpc) is 2.50. The second-order valence-electron chi connectivity index (χ2n) is 5.38. The number of rotatable bonds is 2. The highest BCUT2D eigenvalue weighted by atomic mass is 15.3. The maximum absolute atomic E-state index is 8.78. The van der Waals surface area contributed by atoms with Crippen LogP contribution in [0.2, 0.25) is 0 Å². The first-order valence-corrected chi connectivity index (χ1v) is 7.17. The molecule has 0 radical (unpaired) electrons. The third kappa shape index (κ3) is 3.74. The minimum atomic E-state index is 0.697. The predicted octanol–water partition coefficient (Wildman–Crippen LogP) is 2.37. The molecule has 0 aromatic heterocycles. The minimum absolute atomic E-state index is 0.697. The van der Waals surface area contributed by atoms with E-state index in [2.05, 4.69) is 28.2 Å². The molecule has 4 heteroatoms. The van der Waals surface area contributed by atoms with Gasteiger partial charge in [-0.3, -0.25) is 4.99 Å². The Labute approximate surface area is 121 Å². The van der Waals surface area contributed by atoms with Gasteiger partial charge in [-0.2, -0.15) is 5.26 Å². The maximum atomic E-state index is 8.78. The molecule has 106 valence electrons. The first-order valence-electron chi connectivity index (χ1n) is 7.17. The van der Waals surface area contributed by atoms with Crippen molar-refractivity contribution in [1.29, 1.82) is 5.26 Å². The van der Waals surface area contributed by atoms with Crippen LogP contribution >= 0.6 is 0 Å². The van der Waals surface area contributed by atoms with Crippen LogP contribution in [0.3, 0.4) is 0 Å². The van der Waals surface area contributed by atoms with Gasteiger partial charge in [0, 0.05) is 26.7 Å². The van der Waals surface area contributed by atoms with Crippen molar-refractivity contribution >= 4 is 5.96 Å². The molecule has 0 unspecified atom stereocenters. The Hall–Kier alpha value is -2.02. The monoisotopic (exact) mass is 270 g/mol. The Morgan fingerprint density at radius 1 is 1.35 bits per heavy atom. The van der Waals surface area contributed by atoms with E-state index in [1.165, 1.54) is 12.8 Å². The van der Waals surface area contributed by atoms with E-state index in [-0.39, 0.29) is 0 Å². The summed E-state index contributed by atoms with van der Waals surface area (Å²) in [7, 11) is 1.83. The van der Waals surface area contributed by atoms with Gasteiger partial charge < -0.3 is 10.2 Å². The van der Waals surface area contributed by atoms with E-state index in [9.17, 15) is 0 Å². The summed E-state index contributed by atoms with van der Waals surface area (Å²) in [6.45, 7) is 5.21. The summed E-state index contributed by atoms with van der Waals surface area (Å²) in [4.78, 5) is 6.69. The topological polar surface area (TPSA) is 51.4 Å². The highest BCUT2D eigenvalue weighted by molar-refractivity contribution is 5.79. The third-order valence-electron chi connectivity index (χ3n) is 3.83. The molecule has 1 saturated heterocycles. The van der Waals surface area contributed by atoms with Gasteiger partial charge in [-0.1, -0.05) is 19.1 Å². The smallest absolute Gasteiger partial charge is 0.193 e. The van der Waals surface area contributed by atoms with E-state index < -0.39 is 0 Å². The van der Waals surface area contributed by atoms with E-state index >= 15 is 0 Å². The van der Waals surface area contributed by atoms with E-state index in [1.54, 1.807) is 0 Å². The second kappa shape index (κ2) is 6.95. The molecule has 1 aromatic rings. The summed E-state index contributed by atoms with van der Waals surface area (Å²) >= 11 is 0. The predicted molar refractivity (Wildman–Crippen MR) is 81.3 cm³/mol. The van der Waals surface area contributed by atoms with Crippen molar-refractivity contribution in [1.82, 2.24) is 10.2 Å². The normalized spacial score (nSPS) is 16.9. The van der Waals surface area contributed by atoms with Gasteiger partial charge in [-0.15, -0.1) is 0 Å². The van der Waals surface area contributed by atoms with Gasteiger partial charge in [0.15, 0.2) is 5.96 Å². The number of benzene rings is 1. The molecule has 1 heterocycles. The van der Waals surface area contributed by atoms with Crippen LogP contribution in [-0.2, 0) is 6.54 Å². The molecule has 0 bridgehead atoms. The van der Waals surface area contributed by atoms with Crippen molar-refractivity contribution in [2.75, 3.05) is 20.1 Å². The lowest BCUT2D eigenvalue weighted by Gasteiger charge is -2.32. The van der Waals surface area contributed by atoms with Crippen molar-refractivity contribution < 1.29 is 0 Å². The summed E-state index contributed by atoms with van der Waals surface area (Å²) in [6, 6.07) is 9.80. The SMILES string of the molecule is CN=C(NCc1ccc(C#N)cc1)N1CCC(C)CC1. The van der Waals surface area contributed by atoms with Crippen LogP contribution in [0.15, 0.2) is 29.3 Å². The lowest BCUT2D eigenvalue weighted by atomic mass is 9.99. The highest BCUT2D eigenvalue weighted by Gasteiger charge is 2.18. The Kier molecular flexibility index (Phi) is 5.00. The number of hydrogen-bond donors (Lipinski definition) is 1. The molecule has 0 spiro atoms. The number of aliphatic imine (C=N–C) groups is 1. The Bertz CT molecular complexity index is 490. The van der Waals surface area contributed by atoms with E-state index in [0.717, 1.165) is 37.1 Å². The van der Waals surface area contributed by atoms with Crippen LogP contribution in [0.4, 0.5) is 0 Å². The van der Waals surface area contributed by atoms with Crippen LogP contribution in [0.25, 0.3) is 0 Å². The molecule has 1 aliphatic heterocycles. The number of hydrogen-bond acceptors (Lipinski definition) is 2. The van der Waals surface area contributed by atoms with E-state index in [1.807, 2.05) is 31.3 Å². The summed E-state index contributed by atoms with van der Waals surface area (Å²) in [5.74, 6) is 1.80. The molecule has 0 saturated carbocycles. The van der Waals surface area contributed by atoms with Crippen molar-refractivity contribution in [2.24, 2.45) is 10.9 Å². The highest BCUT2D eigenvalue weighted by Crippen LogP contribution is 2.16. The zero-order chi connectivity index (χ0) is 14.4. The van der Waals surface area contributed by atoms with E-state index in [4.69, 9.17) is 5.26 Å². The quantitative estimate of drug-likeness (QED) is 0.663. The maximum Gasteiger partial charge on any atom is 0.193 e.